The van der Waals surface area contributed by atoms with Crippen LogP contribution < -0.4 is 11.1 Å². The average Bonchev–Trinajstić information content (AvgIpc) is 3.07. The first-order valence-corrected chi connectivity index (χ1v) is 9.65. The van der Waals surface area contributed by atoms with Crippen LogP contribution in [-0.4, -0.2) is 28.7 Å². The Morgan fingerprint density at radius 2 is 2.21 bits per heavy atom. The Morgan fingerprint density at radius 1 is 1.39 bits per heavy atom. The number of nitrogens with one attached hydrogen (secondary N) is 1. The lowest BCUT2D eigenvalue weighted by atomic mass is 9.94. The minimum absolute atomic E-state index is 0.0294. The number of carbonyl (C=O) groups excluding carboxylic acids is 1. The second kappa shape index (κ2) is 7.54. The normalized spacial score (nSPS) is 23.9. The highest BCUT2D eigenvalue weighted by atomic mass is 35.5. The lowest BCUT2D eigenvalue weighted by Crippen LogP contribution is -2.28. The van der Waals surface area contributed by atoms with Crippen molar-refractivity contribution in [3.05, 3.63) is 70.1 Å². The standard InChI is InChI=1S/C19H16ClFN4O2S/c1-9-13-8-27-17(16(13)25-19(22)28-9)12-6-11(3-4-14(12)21)24-18(26)15-5-2-10(20)7-23-15/h2-7,13,16-17H,1,8H2,(H2,22,25)(H,24,26). The van der Waals surface area contributed by atoms with Crippen LogP contribution in [0.2, 0.25) is 5.02 Å². The number of aliphatic imine (C=N–C) groups is 1. The summed E-state index contributed by atoms with van der Waals surface area (Å²) < 4.78 is 20.4. The van der Waals surface area contributed by atoms with Gasteiger partial charge in [-0.25, -0.2) is 9.37 Å². The third-order valence-corrected chi connectivity index (χ3v) is 5.73. The lowest BCUT2D eigenvalue weighted by molar-refractivity contribution is 0.100. The van der Waals surface area contributed by atoms with E-state index in [1.807, 2.05) is 0 Å². The van der Waals surface area contributed by atoms with E-state index in [0.29, 0.717) is 28.0 Å². The molecule has 2 aromatic rings. The first kappa shape index (κ1) is 18.9. The molecular weight excluding hydrogens is 403 g/mol. The van der Waals surface area contributed by atoms with Gasteiger partial charge in [0.15, 0.2) is 5.17 Å². The fourth-order valence-electron chi connectivity index (χ4n) is 3.26. The van der Waals surface area contributed by atoms with Crippen LogP contribution in [0.3, 0.4) is 0 Å². The number of ether oxygens (including phenoxy) is 1. The van der Waals surface area contributed by atoms with Crippen LogP contribution >= 0.6 is 23.4 Å². The molecule has 0 saturated carbocycles. The number of fused-ring (bicyclic) bond motifs is 1. The number of hydrogen-bond acceptors (Lipinski definition) is 6. The number of anilines is 1. The van der Waals surface area contributed by atoms with Gasteiger partial charge in [-0.1, -0.05) is 29.9 Å². The maximum absolute atomic E-state index is 14.6. The molecular formula is C19H16ClFN4O2S. The van der Waals surface area contributed by atoms with E-state index in [9.17, 15) is 9.18 Å². The predicted molar refractivity (Wildman–Crippen MR) is 108 cm³/mol. The summed E-state index contributed by atoms with van der Waals surface area (Å²) in [5.74, 6) is -0.895. The van der Waals surface area contributed by atoms with E-state index in [-0.39, 0.29) is 17.7 Å². The Morgan fingerprint density at radius 3 is 2.96 bits per heavy atom. The van der Waals surface area contributed by atoms with Gasteiger partial charge >= 0.3 is 0 Å². The third-order valence-electron chi connectivity index (χ3n) is 4.62. The molecule has 1 fully saturated rings. The van der Waals surface area contributed by atoms with Crippen LogP contribution in [0.4, 0.5) is 10.1 Å². The molecule has 2 aliphatic heterocycles. The molecule has 144 valence electrons. The zero-order valence-electron chi connectivity index (χ0n) is 14.6. The van der Waals surface area contributed by atoms with Gasteiger partial charge in [-0.3, -0.25) is 9.79 Å². The Labute approximate surface area is 170 Å². The van der Waals surface area contributed by atoms with Crippen LogP contribution in [0.5, 0.6) is 0 Å². The van der Waals surface area contributed by atoms with Gasteiger partial charge in [0.1, 0.15) is 17.6 Å². The van der Waals surface area contributed by atoms with E-state index >= 15 is 0 Å². The molecule has 3 N–H and O–H groups in total. The minimum atomic E-state index is -0.605. The van der Waals surface area contributed by atoms with Crippen molar-refractivity contribution in [1.82, 2.24) is 4.98 Å². The number of nitrogens with two attached hydrogens (primary N) is 1. The first-order valence-electron chi connectivity index (χ1n) is 8.46. The highest BCUT2D eigenvalue weighted by Crippen LogP contribution is 2.45. The van der Waals surface area contributed by atoms with Crippen molar-refractivity contribution in [2.75, 3.05) is 11.9 Å². The summed E-state index contributed by atoms with van der Waals surface area (Å²) in [6, 6.07) is 7.06. The van der Waals surface area contributed by atoms with Crippen molar-refractivity contribution in [3.63, 3.8) is 0 Å². The van der Waals surface area contributed by atoms with Crippen LogP contribution in [-0.2, 0) is 4.74 Å². The number of benzene rings is 1. The van der Waals surface area contributed by atoms with Crippen LogP contribution in [0.25, 0.3) is 0 Å². The summed E-state index contributed by atoms with van der Waals surface area (Å²) in [5, 5.41) is 3.53. The maximum atomic E-state index is 14.6. The summed E-state index contributed by atoms with van der Waals surface area (Å²) in [6.07, 6.45) is 0.779. The lowest BCUT2D eigenvalue weighted by Gasteiger charge is -2.25. The molecule has 1 aromatic heterocycles. The average molecular weight is 419 g/mol. The molecule has 0 bridgehead atoms. The van der Waals surface area contributed by atoms with E-state index in [1.165, 1.54) is 36.2 Å². The number of carbonyl (C=O) groups is 1. The number of aromatic nitrogens is 1. The van der Waals surface area contributed by atoms with Gasteiger partial charge in [-0.2, -0.15) is 0 Å². The highest BCUT2D eigenvalue weighted by Gasteiger charge is 2.43. The molecule has 1 amide bonds. The Balaban J connectivity index is 1.59. The van der Waals surface area contributed by atoms with Crippen molar-refractivity contribution in [2.24, 2.45) is 16.6 Å². The maximum Gasteiger partial charge on any atom is 0.274 e. The molecule has 0 aliphatic carbocycles. The number of rotatable bonds is 3. The molecule has 1 saturated heterocycles. The summed E-state index contributed by atoms with van der Waals surface area (Å²) in [5.41, 5.74) is 6.79. The van der Waals surface area contributed by atoms with Crippen molar-refractivity contribution in [1.29, 1.82) is 0 Å². The highest BCUT2D eigenvalue weighted by molar-refractivity contribution is 8.17. The van der Waals surface area contributed by atoms with Crippen molar-refractivity contribution in [2.45, 2.75) is 12.1 Å². The van der Waals surface area contributed by atoms with E-state index in [1.54, 1.807) is 12.1 Å². The number of amides is 1. The molecule has 3 heterocycles. The van der Waals surface area contributed by atoms with E-state index in [4.69, 9.17) is 22.1 Å². The van der Waals surface area contributed by atoms with Crippen LogP contribution in [0.15, 0.2) is 53.0 Å². The van der Waals surface area contributed by atoms with Gasteiger partial charge in [-0.15, -0.1) is 0 Å². The largest absolute Gasteiger partial charge is 0.378 e. The van der Waals surface area contributed by atoms with Gasteiger partial charge in [0.05, 0.1) is 17.7 Å². The summed E-state index contributed by atoms with van der Waals surface area (Å²) >= 11 is 7.10. The van der Waals surface area contributed by atoms with Crippen LogP contribution in [0.1, 0.15) is 22.2 Å². The van der Waals surface area contributed by atoms with E-state index in [0.717, 1.165) is 4.91 Å². The van der Waals surface area contributed by atoms with Crippen molar-refractivity contribution in [3.8, 4) is 0 Å². The Bertz CT molecular complexity index is 982. The smallest absolute Gasteiger partial charge is 0.274 e. The SMILES string of the molecule is C=C1SC(N)=NC2C1COC2c1cc(NC(=O)c2ccc(Cl)cn2)ccc1F. The summed E-state index contributed by atoms with van der Waals surface area (Å²) in [7, 11) is 0. The van der Waals surface area contributed by atoms with Gasteiger partial charge < -0.3 is 15.8 Å². The molecule has 28 heavy (non-hydrogen) atoms. The molecule has 1 aromatic carbocycles. The molecule has 6 nitrogen and oxygen atoms in total. The van der Waals surface area contributed by atoms with E-state index in [2.05, 4.69) is 21.9 Å². The topological polar surface area (TPSA) is 89.6 Å². The van der Waals surface area contributed by atoms with Gasteiger partial charge in [-0.05, 0) is 35.2 Å². The molecule has 0 radical (unpaired) electrons. The van der Waals surface area contributed by atoms with Crippen molar-refractivity contribution < 1.29 is 13.9 Å². The first-order chi connectivity index (χ1) is 13.4. The number of amidine groups is 1. The van der Waals surface area contributed by atoms with Gasteiger partial charge in [0, 0.05) is 23.4 Å². The molecule has 0 spiro atoms. The number of pyridine rings is 1. The van der Waals surface area contributed by atoms with Crippen molar-refractivity contribution >= 4 is 40.1 Å². The monoisotopic (exact) mass is 418 g/mol. The molecule has 9 heteroatoms. The summed E-state index contributed by atoms with van der Waals surface area (Å²) in [6.45, 7) is 4.40. The predicted octanol–water partition coefficient (Wildman–Crippen LogP) is 3.76. The molecule has 3 unspecified atom stereocenters. The fourth-order valence-corrected chi connectivity index (χ4v) is 4.17. The number of nitrogens with zero attached hydrogens (tertiary/aromatic N) is 2. The zero-order chi connectivity index (χ0) is 19.8. The molecule has 2 aliphatic rings. The third kappa shape index (κ3) is 3.63. The second-order valence-electron chi connectivity index (χ2n) is 6.44. The fraction of sp³-hybridized carbons (Fsp3) is 0.211. The number of hydrogen-bond donors (Lipinski definition) is 2. The summed E-state index contributed by atoms with van der Waals surface area (Å²) in [4.78, 5) is 21.6. The number of thioether (sulfide) groups is 1. The van der Waals surface area contributed by atoms with Gasteiger partial charge in [0.2, 0.25) is 0 Å². The van der Waals surface area contributed by atoms with Crippen LogP contribution in [0, 0.1) is 11.7 Å². The Hall–Kier alpha value is -2.42. The van der Waals surface area contributed by atoms with E-state index < -0.39 is 17.8 Å². The molecule has 3 atom stereocenters. The quantitative estimate of drug-likeness (QED) is 0.792. The van der Waals surface area contributed by atoms with Gasteiger partial charge in [0.25, 0.3) is 5.91 Å². The second-order valence-corrected chi connectivity index (χ2v) is 8.02. The molecule has 4 rings (SSSR count). The Kier molecular flexibility index (Phi) is 5.09. The number of halogens is 2. The zero-order valence-corrected chi connectivity index (χ0v) is 16.1. The minimum Gasteiger partial charge on any atom is -0.378 e.